The number of hydrogen-bond acceptors (Lipinski definition) is 3. The third-order valence-electron chi connectivity index (χ3n) is 2.82. The molecule has 0 N–H and O–H groups in total. The molecule has 0 bridgehead atoms. The fourth-order valence-electron chi connectivity index (χ4n) is 1.85. The second-order valence-corrected chi connectivity index (χ2v) is 4.81. The van der Waals surface area contributed by atoms with E-state index in [1.54, 1.807) is 6.92 Å². The molecule has 1 heterocycles. The van der Waals surface area contributed by atoms with Gasteiger partial charge in [0.1, 0.15) is 0 Å². The van der Waals surface area contributed by atoms with Crippen LogP contribution in [0.3, 0.4) is 0 Å². The zero-order valence-electron chi connectivity index (χ0n) is 11.1. The molecule has 0 spiro atoms. The van der Waals surface area contributed by atoms with E-state index in [-0.39, 0.29) is 5.56 Å². The topological polar surface area (TPSA) is 44.1 Å². The van der Waals surface area contributed by atoms with E-state index in [0.29, 0.717) is 23.3 Å². The van der Waals surface area contributed by atoms with E-state index >= 15 is 0 Å². The van der Waals surface area contributed by atoms with Crippen molar-refractivity contribution in [1.82, 2.24) is 9.55 Å². The summed E-state index contributed by atoms with van der Waals surface area (Å²) in [7, 11) is 1.49. The van der Waals surface area contributed by atoms with Gasteiger partial charge in [-0.2, -0.15) is 0 Å². The molecule has 0 fully saturated rings. The molecule has 1 aromatic heterocycles. The van der Waals surface area contributed by atoms with Crippen LogP contribution in [0.1, 0.15) is 16.8 Å². The van der Waals surface area contributed by atoms with E-state index in [1.807, 2.05) is 25.1 Å². The second kappa shape index (κ2) is 5.45. The Hall–Kier alpha value is -1.81. The van der Waals surface area contributed by atoms with Gasteiger partial charge in [0.25, 0.3) is 11.6 Å². The highest BCUT2D eigenvalue weighted by molar-refractivity contribution is 6.31. The summed E-state index contributed by atoms with van der Waals surface area (Å²) >= 11 is 6.18. The number of ether oxygens (including phenoxy) is 1. The van der Waals surface area contributed by atoms with Crippen molar-refractivity contribution in [3.8, 4) is 6.01 Å². The van der Waals surface area contributed by atoms with Crippen LogP contribution in [0.15, 0.2) is 29.1 Å². The van der Waals surface area contributed by atoms with Crippen LogP contribution in [0.2, 0.25) is 5.02 Å². The molecule has 0 saturated carbocycles. The Morgan fingerprint density at radius 1 is 1.32 bits per heavy atom. The largest absolute Gasteiger partial charge is 0.468 e. The van der Waals surface area contributed by atoms with E-state index < -0.39 is 0 Å². The van der Waals surface area contributed by atoms with Gasteiger partial charge in [-0.15, -0.1) is 0 Å². The number of rotatable bonds is 3. The van der Waals surface area contributed by atoms with Crippen molar-refractivity contribution < 1.29 is 4.74 Å². The Kier molecular flexibility index (Phi) is 3.90. The van der Waals surface area contributed by atoms with Crippen molar-refractivity contribution in [1.29, 1.82) is 0 Å². The Morgan fingerprint density at radius 3 is 2.68 bits per heavy atom. The minimum absolute atomic E-state index is 0.152. The molecule has 0 aliphatic heterocycles. The van der Waals surface area contributed by atoms with Crippen molar-refractivity contribution in [2.45, 2.75) is 20.4 Å². The van der Waals surface area contributed by atoms with Gasteiger partial charge in [-0.25, -0.2) is 4.98 Å². The number of aryl methyl sites for hydroxylation is 2. The standard InChI is InChI=1S/C14H15ClN2O2/c1-9-4-5-11(12(15)6-9)8-17-13(18)7-10(2)16-14(17)19-3/h4-7H,8H2,1-3H3. The minimum atomic E-state index is -0.152. The van der Waals surface area contributed by atoms with Crippen molar-refractivity contribution in [3.05, 3.63) is 56.5 Å². The van der Waals surface area contributed by atoms with Gasteiger partial charge in [-0.3, -0.25) is 9.36 Å². The molecule has 0 aliphatic rings. The molecule has 19 heavy (non-hydrogen) atoms. The molecule has 4 nitrogen and oxygen atoms in total. The number of aromatic nitrogens is 2. The molecule has 0 unspecified atom stereocenters. The maximum atomic E-state index is 12.0. The van der Waals surface area contributed by atoms with Crippen molar-refractivity contribution in [2.75, 3.05) is 7.11 Å². The number of hydrogen-bond donors (Lipinski definition) is 0. The highest BCUT2D eigenvalue weighted by Gasteiger charge is 2.10. The first-order valence-corrected chi connectivity index (χ1v) is 6.26. The number of benzene rings is 1. The normalized spacial score (nSPS) is 10.5. The fraction of sp³-hybridized carbons (Fsp3) is 0.286. The molecule has 0 atom stereocenters. The Labute approximate surface area is 116 Å². The first kappa shape index (κ1) is 13.6. The SMILES string of the molecule is COc1nc(C)cc(=O)n1Cc1ccc(C)cc1Cl. The molecule has 0 aliphatic carbocycles. The number of halogens is 1. The zero-order valence-corrected chi connectivity index (χ0v) is 11.9. The molecule has 0 saturated heterocycles. The molecule has 100 valence electrons. The molecule has 1 aromatic carbocycles. The first-order chi connectivity index (χ1) is 9.01. The summed E-state index contributed by atoms with van der Waals surface area (Å²) in [6.45, 7) is 4.07. The smallest absolute Gasteiger partial charge is 0.299 e. The van der Waals surface area contributed by atoms with Crippen LogP contribution in [0.4, 0.5) is 0 Å². The lowest BCUT2D eigenvalue weighted by atomic mass is 10.1. The van der Waals surface area contributed by atoms with Crippen LogP contribution < -0.4 is 10.3 Å². The lowest BCUT2D eigenvalue weighted by Gasteiger charge is -2.12. The Morgan fingerprint density at radius 2 is 2.05 bits per heavy atom. The fourth-order valence-corrected chi connectivity index (χ4v) is 2.14. The third kappa shape index (κ3) is 2.96. The average molecular weight is 279 g/mol. The lowest BCUT2D eigenvalue weighted by Crippen LogP contribution is -2.23. The molecule has 0 radical (unpaired) electrons. The van der Waals surface area contributed by atoms with Gasteiger partial charge in [-0.05, 0) is 31.0 Å². The molecular weight excluding hydrogens is 264 g/mol. The average Bonchev–Trinajstić information content (AvgIpc) is 2.34. The van der Waals surface area contributed by atoms with E-state index in [9.17, 15) is 4.79 Å². The van der Waals surface area contributed by atoms with Crippen LogP contribution >= 0.6 is 11.6 Å². The van der Waals surface area contributed by atoms with E-state index in [4.69, 9.17) is 16.3 Å². The van der Waals surface area contributed by atoms with E-state index in [2.05, 4.69) is 4.98 Å². The quantitative estimate of drug-likeness (QED) is 0.867. The van der Waals surface area contributed by atoms with Crippen molar-refractivity contribution in [2.24, 2.45) is 0 Å². The van der Waals surface area contributed by atoms with Gasteiger partial charge in [0.05, 0.1) is 13.7 Å². The monoisotopic (exact) mass is 278 g/mol. The van der Waals surface area contributed by atoms with Gasteiger partial charge in [0, 0.05) is 16.8 Å². The zero-order chi connectivity index (χ0) is 14.0. The Bertz CT molecular complexity index is 665. The lowest BCUT2D eigenvalue weighted by molar-refractivity contribution is 0.350. The summed E-state index contributed by atoms with van der Waals surface area (Å²) in [5, 5.41) is 0.634. The maximum absolute atomic E-state index is 12.0. The first-order valence-electron chi connectivity index (χ1n) is 5.89. The number of nitrogens with zero attached hydrogens (tertiary/aromatic N) is 2. The highest BCUT2D eigenvalue weighted by atomic mass is 35.5. The maximum Gasteiger partial charge on any atom is 0.299 e. The van der Waals surface area contributed by atoms with Gasteiger partial charge in [-0.1, -0.05) is 23.7 Å². The Balaban J connectivity index is 2.46. The second-order valence-electron chi connectivity index (χ2n) is 4.40. The van der Waals surface area contributed by atoms with E-state index in [1.165, 1.54) is 17.7 Å². The summed E-state index contributed by atoms with van der Waals surface area (Å²) in [5.74, 6) is 0. The van der Waals surface area contributed by atoms with Crippen LogP contribution in [0.25, 0.3) is 0 Å². The summed E-state index contributed by atoms with van der Waals surface area (Å²) in [5.41, 5.74) is 2.42. The van der Waals surface area contributed by atoms with E-state index in [0.717, 1.165) is 11.1 Å². The van der Waals surface area contributed by atoms with Crippen LogP contribution in [0, 0.1) is 13.8 Å². The summed E-state index contributed by atoms with van der Waals surface area (Å²) in [4.78, 5) is 16.2. The summed E-state index contributed by atoms with van der Waals surface area (Å²) < 4.78 is 6.61. The van der Waals surface area contributed by atoms with Gasteiger partial charge >= 0.3 is 0 Å². The van der Waals surface area contributed by atoms with Crippen LogP contribution in [0.5, 0.6) is 6.01 Å². The highest BCUT2D eigenvalue weighted by Crippen LogP contribution is 2.19. The van der Waals surface area contributed by atoms with Gasteiger partial charge in [0.15, 0.2) is 0 Å². The predicted octanol–water partition coefficient (Wildman–Crippen LogP) is 2.57. The summed E-state index contributed by atoms with van der Waals surface area (Å²) in [6.07, 6.45) is 0. The molecule has 0 amide bonds. The van der Waals surface area contributed by atoms with Gasteiger partial charge in [0.2, 0.25) is 0 Å². The summed E-state index contributed by atoms with van der Waals surface area (Å²) in [6, 6.07) is 7.51. The van der Waals surface area contributed by atoms with Crippen molar-refractivity contribution >= 4 is 11.6 Å². The molecular formula is C14H15ClN2O2. The number of methoxy groups -OCH3 is 1. The minimum Gasteiger partial charge on any atom is -0.468 e. The molecule has 2 aromatic rings. The third-order valence-corrected chi connectivity index (χ3v) is 3.17. The molecule has 2 rings (SSSR count). The molecule has 5 heteroatoms. The van der Waals surface area contributed by atoms with Crippen LogP contribution in [-0.4, -0.2) is 16.7 Å². The predicted molar refractivity (Wildman–Crippen MR) is 75.1 cm³/mol. The van der Waals surface area contributed by atoms with Crippen molar-refractivity contribution in [3.63, 3.8) is 0 Å². The van der Waals surface area contributed by atoms with Gasteiger partial charge < -0.3 is 4.74 Å². The van der Waals surface area contributed by atoms with Crippen LogP contribution in [-0.2, 0) is 6.54 Å².